The van der Waals surface area contributed by atoms with Crippen molar-refractivity contribution >= 4 is 17.5 Å². The van der Waals surface area contributed by atoms with Gasteiger partial charge in [0.1, 0.15) is 0 Å². The third-order valence-corrected chi connectivity index (χ3v) is 3.50. The van der Waals surface area contributed by atoms with Crippen LogP contribution < -0.4 is 16.0 Å². The van der Waals surface area contributed by atoms with Gasteiger partial charge in [0, 0.05) is 48.1 Å². The van der Waals surface area contributed by atoms with E-state index in [9.17, 15) is 0 Å². The summed E-state index contributed by atoms with van der Waals surface area (Å²) in [7, 11) is 1.90. The SMILES string of the molecule is C=C(/C=C\C(=C)NC(C)C)NCS/C=C(\NC)c1cccnc1. The first-order chi connectivity index (χ1) is 11.0. The Balaban J connectivity index is 2.38. The fourth-order valence-electron chi connectivity index (χ4n) is 1.73. The number of nitrogens with one attached hydrogen (secondary N) is 3. The summed E-state index contributed by atoms with van der Waals surface area (Å²) in [6, 6.07) is 4.33. The minimum atomic E-state index is 0.376. The summed E-state index contributed by atoms with van der Waals surface area (Å²) in [5.74, 6) is 0.735. The summed E-state index contributed by atoms with van der Waals surface area (Å²) < 4.78 is 0. The summed E-state index contributed by atoms with van der Waals surface area (Å²) in [6.45, 7) is 12.1. The molecule has 0 saturated heterocycles. The van der Waals surface area contributed by atoms with Crippen LogP contribution in [0.25, 0.3) is 5.70 Å². The predicted molar refractivity (Wildman–Crippen MR) is 103 cm³/mol. The lowest BCUT2D eigenvalue weighted by molar-refractivity contribution is 0.683. The molecule has 5 heteroatoms. The molecule has 4 nitrogen and oxygen atoms in total. The molecule has 0 unspecified atom stereocenters. The molecule has 1 aromatic rings. The Hall–Kier alpha value is -2.14. The van der Waals surface area contributed by atoms with E-state index in [2.05, 4.69) is 53.3 Å². The molecule has 0 atom stereocenters. The second-order valence-electron chi connectivity index (χ2n) is 5.19. The molecular formula is C18H26N4S. The molecule has 0 aliphatic heterocycles. The van der Waals surface area contributed by atoms with Gasteiger partial charge in [-0.1, -0.05) is 13.2 Å². The van der Waals surface area contributed by atoms with Crippen molar-refractivity contribution in [2.45, 2.75) is 19.9 Å². The van der Waals surface area contributed by atoms with Gasteiger partial charge >= 0.3 is 0 Å². The van der Waals surface area contributed by atoms with Crippen molar-refractivity contribution < 1.29 is 0 Å². The zero-order valence-corrected chi connectivity index (χ0v) is 14.9. The second kappa shape index (κ2) is 10.6. The van der Waals surface area contributed by atoms with Crippen LogP contribution in [-0.4, -0.2) is 24.0 Å². The van der Waals surface area contributed by atoms with E-state index in [1.807, 2.05) is 37.5 Å². The van der Waals surface area contributed by atoms with Crippen LogP contribution in [0.2, 0.25) is 0 Å². The highest BCUT2D eigenvalue weighted by molar-refractivity contribution is 8.02. The highest BCUT2D eigenvalue weighted by atomic mass is 32.2. The summed E-state index contributed by atoms with van der Waals surface area (Å²) >= 11 is 1.66. The van der Waals surface area contributed by atoms with Crippen molar-refractivity contribution in [2.75, 3.05) is 12.9 Å². The van der Waals surface area contributed by atoms with Gasteiger partial charge in [0.2, 0.25) is 0 Å². The number of hydrogen-bond acceptors (Lipinski definition) is 5. The Kier molecular flexibility index (Phi) is 8.68. The summed E-state index contributed by atoms with van der Waals surface area (Å²) in [6.07, 6.45) is 7.45. The van der Waals surface area contributed by atoms with Gasteiger partial charge < -0.3 is 16.0 Å². The fraction of sp³-hybridized carbons (Fsp3) is 0.278. The van der Waals surface area contributed by atoms with Crippen LogP contribution in [0.3, 0.4) is 0 Å². The van der Waals surface area contributed by atoms with E-state index in [0.717, 1.165) is 28.5 Å². The monoisotopic (exact) mass is 330 g/mol. The van der Waals surface area contributed by atoms with E-state index < -0.39 is 0 Å². The quantitative estimate of drug-likeness (QED) is 0.348. The molecule has 0 aliphatic rings. The normalized spacial score (nSPS) is 11.6. The van der Waals surface area contributed by atoms with Gasteiger partial charge in [0.05, 0.1) is 5.88 Å². The molecule has 124 valence electrons. The van der Waals surface area contributed by atoms with E-state index in [1.165, 1.54) is 0 Å². The summed E-state index contributed by atoms with van der Waals surface area (Å²) in [5.41, 5.74) is 3.84. The number of nitrogens with zero attached hydrogens (tertiary/aromatic N) is 1. The molecule has 3 N–H and O–H groups in total. The average molecular weight is 331 g/mol. The van der Waals surface area contributed by atoms with Crippen molar-refractivity contribution in [3.63, 3.8) is 0 Å². The number of aromatic nitrogens is 1. The van der Waals surface area contributed by atoms with Crippen LogP contribution in [-0.2, 0) is 0 Å². The third-order valence-electron chi connectivity index (χ3n) is 2.79. The number of rotatable bonds is 10. The first-order valence-electron chi connectivity index (χ1n) is 7.49. The van der Waals surface area contributed by atoms with Crippen LogP contribution in [0.5, 0.6) is 0 Å². The van der Waals surface area contributed by atoms with Crippen LogP contribution in [0.1, 0.15) is 19.4 Å². The molecule has 1 rings (SSSR count). The molecule has 23 heavy (non-hydrogen) atoms. The molecule has 0 aliphatic carbocycles. The topological polar surface area (TPSA) is 49.0 Å². The summed E-state index contributed by atoms with van der Waals surface area (Å²) in [5, 5.41) is 11.7. The second-order valence-corrected chi connectivity index (χ2v) is 6.05. The van der Waals surface area contributed by atoms with Gasteiger partial charge in [0.25, 0.3) is 0 Å². The molecular weight excluding hydrogens is 304 g/mol. The molecule has 0 spiro atoms. The molecule has 0 saturated carbocycles. The maximum absolute atomic E-state index is 4.13. The van der Waals surface area contributed by atoms with E-state index in [1.54, 1.807) is 18.0 Å². The molecule has 0 bridgehead atoms. The van der Waals surface area contributed by atoms with E-state index in [-0.39, 0.29) is 0 Å². The van der Waals surface area contributed by atoms with E-state index in [0.29, 0.717) is 6.04 Å². The molecule has 0 aromatic carbocycles. The number of pyridine rings is 1. The van der Waals surface area contributed by atoms with Crippen LogP contribution in [0.15, 0.2) is 66.6 Å². The molecule has 1 aromatic heterocycles. The number of thioether (sulfide) groups is 1. The van der Waals surface area contributed by atoms with Crippen molar-refractivity contribution in [3.05, 3.63) is 72.2 Å². The first-order valence-corrected chi connectivity index (χ1v) is 8.54. The van der Waals surface area contributed by atoms with Crippen LogP contribution in [0.4, 0.5) is 0 Å². The minimum absolute atomic E-state index is 0.376. The van der Waals surface area contributed by atoms with Crippen LogP contribution in [0, 0.1) is 0 Å². The van der Waals surface area contributed by atoms with E-state index in [4.69, 9.17) is 0 Å². The molecule has 0 amide bonds. The number of hydrogen-bond donors (Lipinski definition) is 3. The smallest absolute Gasteiger partial charge is 0.0651 e. The number of allylic oxidation sites excluding steroid dienone is 2. The highest BCUT2D eigenvalue weighted by Crippen LogP contribution is 2.14. The van der Waals surface area contributed by atoms with Crippen molar-refractivity contribution in [1.29, 1.82) is 0 Å². The Morgan fingerprint density at radius 3 is 2.65 bits per heavy atom. The zero-order valence-electron chi connectivity index (χ0n) is 14.1. The maximum atomic E-state index is 4.13. The standard InChI is InChI=1S/C18H26N4S/c1-14(2)22-16(4)9-8-15(3)21-13-23-12-18(19-5)17-7-6-10-20-11-17/h6-12,14,19,21-22H,3-4,13H2,1-2,5H3/b9-8-,18-12-. The van der Waals surface area contributed by atoms with Crippen molar-refractivity contribution in [1.82, 2.24) is 20.9 Å². The Bertz CT molecular complexity index is 562. The fourth-order valence-corrected chi connectivity index (χ4v) is 2.50. The Morgan fingerprint density at radius 1 is 1.30 bits per heavy atom. The minimum Gasteiger partial charge on any atom is -0.387 e. The van der Waals surface area contributed by atoms with Gasteiger partial charge in [0.15, 0.2) is 0 Å². The highest BCUT2D eigenvalue weighted by Gasteiger charge is 1.98. The lowest BCUT2D eigenvalue weighted by atomic mass is 10.2. The Labute approximate surface area is 143 Å². The lowest BCUT2D eigenvalue weighted by Crippen LogP contribution is -2.20. The molecule has 0 fully saturated rings. The largest absolute Gasteiger partial charge is 0.387 e. The van der Waals surface area contributed by atoms with Crippen LogP contribution >= 0.6 is 11.8 Å². The zero-order chi connectivity index (χ0) is 17.1. The average Bonchev–Trinajstić information content (AvgIpc) is 2.53. The van der Waals surface area contributed by atoms with Crippen molar-refractivity contribution in [3.8, 4) is 0 Å². The Morgan fingerprint density at radius 2 is 2.04 bits per heavy atom. The first kappa shape index (κ1) is 18.9. The molecule has 1 heterocycles. The predicted octanol–water partition coefficient (Wildman–Crippen LogP) is 3.46. The molecule has 0 radical (unpaired) electrons. The van der Waals surface area contributed by atoms with Gasteiger partial charge in [-0.15, -0.1) is 11.8 Å². The van der Waals surface area contributed by atoms with Crippen molar-refractivity contribution in [2.24, 2.45) is 0 Å². The van der Waals surface area contributed by atoms with Gasteiger partial charge in [-0.2, -0.15) is 0 Å². The van der Waals surface area contributed by atoms with Gasteiger partial charge in [-0.25, -0.2) is 0 Å². The maximum Gasteiger partial charge on any atom is 0.0651 e. The summed E-state index contributed by atoms with van der Waals surface area (Å²) in [4.78, 5) is 4.13. The van der Waals surface area contributed by atoms with Gasteiger partial charge in [-0.3, -0.25) is 4.98 Å². The van der Waals surface area contributed by atoms with Gasteiger partial charge in [-0.05, 0) is 43.5 Å². The third kappa shape index (κ3) is 8.16. The lowest BCUT2D eigenvalue weighted by Gasteiger charge is -2.10. The van der Waals surface area contributed by atoms with E-state index >= 15 is 0 Å².